The Morgan fingerprint density at radius 2 is 1.69 bits per heavy atom. The Morgan fingerprint density at radius 3 is 2.38 bits per heavy atom. The summed E-state index contributed by atoms with van der Waals surface area (Å²) in [6.45, 7) is 4.63. The van der Waals surface area contributed by atoms with E-state index in [4.69, 9.17) is 4.98 Å². The van der Waals surface area contributed by atoms with Gasteiger partial charge in [0.05, 0.1) is 17.3 Å². The van der Waals surface area contributed by atoms with Gasteiger partial charge in [0.1, 0.15) is 6.33 Å². The number of benzene rings is 1. The van der Waals surface area contributed by atoms with E-state index in [2.05, 4.69) is 54.2 Å². The van der Waals surface area contributed by atoms with Crippen molar-refractivity contribution in [3.05, 3.63) is 53.6 Å². The number of hydrogen-bond acceptors (Lipinski definition) is 3. The molecule has 5 aliphatic rings. The Morgan fingerprint density at radius 1 is 1.00 bits per heavy atom. The van der Waals surface area contributed by atoms with Crippen LogP contribution in [0.3, 0.4) is 0 Å². The number of para-hydroxylation sites is 1. The molecule has 0 N–H and O–H groups in total. The van der Waals surface area contributed by atoms with Crippen molar-refractivity contribution in [2.24, 2.45) is 23.7 Å². The van der Waals surface area contributed by atoms with E-state index in [0.717, 1.165) is 23.7 Å². The molecule has 0 radical (unpaired) electrons. The van der Waals surface area contributed by atoms with Gasteiger partial charge >= 0.3 is 0 Å². The van der Waals surface area contributed by atoms with Gasteiger partial charge in [0.25, 0.3) is 0 Å². The first-order valence-electron chi connectivity index (χ1n) is 10.3. The van der Waals surface area contributed by atoms with Crippen LogP contribution in [0.5, 0.6) is 0 Å². The molecule has 1 unspecified atom stereocenters. The van der Waals surface area contributed by atoms with Crippen molar-refractivity contribution in [2.45, 2.75) is 57.5 Å². The predicted molar refractivity (Wildman–Crippen MR) is 103 cm³/mol. The van der Waals surface area contributed by atoms with Gasteiger partial charge in [-0.25, -0.2) is 9.97 Å². The number of aromatic nitrogens is 2. The molecule has 134 valence electrons. The van der Waals surface area contributed by atoms with Crippen LogP contribution in [-0.4, -0.2) is 9.97 Å². The Bertz CT molecular complexity index is 845. The highest BCUT2D eigenvalue weighted by Gasteiger charge is 2.65. The van der Waals surface area contributed by atoms with Crippen molar-refractivity contribution in [1.82, 2.24) is 9.97 Å². The second-order valence-electron chi connectivity index (χ2n) is 9.29. The second kappa shape index (κ2) is 5.09. The van der Waals surface area contributed by atoms with E-state index in [1.807, 2.05) is 0 Å². The molecule has 4 bridgehead atoms. The zero-order valence-corrected chi connectivity index (χ0v) is 15.7. The molecule has 1 aromatic carbocycles. The largest absolute Gasteiger partial charge is 0.353 e. The third kappa shape index (κ3) is 1.70. The molecule has 7 rings (SSSR count). The van der Waals surface area contributed by atoms with E-state index >= 15 is 0 Å². The van der Waals surface area contributed by atoms with Crippen LogP contribution in [0.2, 0.25) is 0 Å². The number of anilines is 1. The number of fused-ring (bicyclic) bond motifs is 1. The molecule has 3 nitrogen and oxygen atoms in total. The van der Waals surface area contributed by atoms with Crippen LogP contribution in [0, 0.1) is 30.6 Å². The molecule has 3 heteroatoms. The van der Waals surface area contributed by atoms with Gasteiger partial charge in [0.2, 0.25) is 0 Å². The van der Waals surface area contributed by atoms with Crippen LogP contribution in [0.25, 0.3) is 0 Å². The molecule has 4 saturated carbocycles. The Kier molecular flexibility index (Phi) is 2.97. The van der Waals surface area contributed by atoms with Crippen LogP contribution in [0.1, 0.15) is 61.9 Å². The normalized spacial score (nSPS) is 39.6. The highest BCUT2D eigenvalue weighted by Crippen LogP contribution is 2.68. The van der Waals surface area contributed by atoms with Crippen LogP contribution < -0.4 is 4.90 Å². The molecular formula is C23H27N3. The lowest BCUT2D eigenvalue weighted by Gasteiger charge is -2.63. The maximum atomic E-state index is 4.96. The molecule has 0 amide bonds. The van der Waals surface area contributed by atoms with E-state index < -0.39 is 0 Å². The average Bonchev–Trinajstić information content (AvgIpc) is 2.90. The van der Waals surface area contributed by atoms with Gasteiger partial charge in [-0.2, -0.15) is 0 Å². The van der Waals surface area contributed by atoms with Gasteiger partial charge in [0.15, 0.2) is 0 Å². The Hall–Kier alpha value is -1.90. The summed E-state index contributed by atoms with van der Waals surface area (Å²) < 4.78 is 0. The van der Waals surface area contributed by atoms with Gasteiger partial charge in [-0.1, -0.05) is 18.2 Å². The molecule has 1 spiro atoms. The minimum Gasteiger partial charge on any atom is -0.353 e. The molecule has 1 aliphatic heterocycles. The third-order valence-electron chi connectivity index (χ3n) is 8.11. The quantitative estimate of drug-likeness (QED) is 0.727. The third-order valence-corrected chi connectivity index (χ3v) is 8.11. The monoisotopic (exact) mass is 345 g/mol. The first-order valence-corrected chi connectivity index (χ1v) is 10.3. The summed E-state index contributed by atoms with van der Waals surface area (Å²) in [4.78, 5) is 12.2. The lowest BCUT2D eigenvalue weighted by Crippen LogP contribution is -2.62. The zero-order chi connectivity index (χ0) is 17.5. The van der Waals surface area contributed by atoms with E-state index in [9.17, 15) is 0 Å². The number of hydrogen-bond donors (Lipinski definition) is 0. The lowest BCUT2D eigenvalue weighted by molar-refractivity contribution is -0.0619. The van der Waals surface area contributed by atoms with E-state index in [0.29, 0.717) is 6.04 Å². The summed E-state index contributed by atoms with van der Waals surface area (Å²) in [5.41, 5.74) is 5.61. The summed E-state index contributed by atoms with van der Waals surface area (Å²) in [7, 11) is 0. The van der Waals surface area contributed by atoms with Gasteiger partial charge in [-0.05, 0) is 81.3 Å². The molecule has 4 aliphatic carbocycles. The van der Waals surface area contributed by atoms with Crippen LogP contribution in [0.15, 0.2) is 36.8 Å². The maximum absolute atomic E-state index is 4.96. The van der Waals surface area contributed by atoms with Gasteiger partial charge in [-0.3, -0.25) is 0 Å². The highest BCUT2D eigenvalue weighted by molar-refractivity contribution is 5.63. The van der Waals surface area contributed by atoms with E-state index in [-0.39, 0.29) is 5.54 Å². The number of nitrogens with zero attached hydrogens (tertiary/aromatic N) is 3. The smallest absolute Gasteiger partial charge is 0.115 e. The fourth-order valence-electron chi connectivity index (χ4n) is 7.48. The van der Waals surface area contributed by atoms with Crippen molar-refractivity contribution < 1.29 is 0 Å². The summed E-state index contributed by atoms with van der Waals surface area (Å²) in [6.07, 6.45) is 11.0. The fourth-order valence-corrected chi connectivity index (χ4v) is 7.48. The van der Waals surface area contributed by atoms with Crippen molar-refractivity contribution in [2.75, 3.05) is 4.90 Å². The summed E-state index contributed by atoms with van der Waals surface area (Å²) in [6, 6.07) is 9.31. The molecule has 0 saturated heterocycles. The molecule has 1 atom stereocenters. The van der Waals surface area contributed by atoms with Gasteiger partial charge < -0.3 is 4.90 Å². The van der Waals surface area contributed by atoms with E-state index in [1.54, 1.807) is 6.33 Å². The molecule has 1 aromatic heterocycles. The zero-order valence-electron chi connectivity index (χ0n) is 15.7. The Labute approximate surface area is 155 Å². The first-order chi connectivity index (χ1) is 12.7. The van der Waals surface area contributed by atoms with E-state index in [1.165, 1.54) is 54.6 Å². The topological polar surface area (TPSA) is 29.0 Å². The average molecular weight is 345 g/mol. The fraction of sp³-hybridized carbons (Fsp3) is 0.565. The molecule has 2 aromatic rings. The Balaban J connectivity index is 1.62. The SMILES string of the molecule is Cc1ccccc1N1C(C)c2cncnc2C12C1CC3CC(C1)CC2C3. The lowest BCUT2D eigenvalue weighted by atomic mass is 9.47. The van der Waals surface area contributed by atoms with Gasteiger partial charge in [-0.15, -0.1) is 0 Å². The van der Waals surface area contributed by atoms with Crippen LogP contribution >= 0.6 is 0 Å². The molecule has 2 heterocycles. The predicted octanol–water partition coefficient (Wildman–Crippen LogP) is 5.02. The standard InChI is InChI=1S/C23H27N3/c1-14-5-3-4-6-21(14)26-15(2)20-12-24-13-25-22(20)23(26)18-8-16-7-17(10-18)11-19(23)9-16/h3-6,12-13,15-19H,7-11H2,1-2H3. The van der Waals surface area contributed by atoms with Crippen molar-refractivity contribution in [3.8, 4) is 0 Å². The number of rotatable bonds is 1. The summed E-state index contributed by atoms with van der Waals surface area (Å²) in [5, 5.41) is 0. The minimum atomic E-state index is 0.0945. The van der Waals surface area contributed by atoms with Crippen LogP contribution in [0.4, 0.5) is 5.69 Å². The summed E-state index contributed by atoms with van der Waals surface area (Å²) >= 11 is 0. The summed E-state index contributed by atoms with van der Waals surface area (Å²) in [5.74, 6) is 3.42. The number of aryl methyl sites for hydroxylation is 1. The van der Waals surface area contributed by atoms with Crippen molar-refractivity contribution in [1.29, 1.82) is 0 Å². The highest BCUT2D eigenvalue weighted by atomic mass is 15.3. The first kappa shape index (κ1) is 15.2. The van der Waals surface area contributed by atoms with Crippen LogP contribution in [-0.2, 0) is 5.54 Å². The maximum Gasteiger partial charge on any atom is 0.115 e. The molecule has 4 fully saturated rings. The van der Waals surface area contributed by atoms with Gasteiger partial charge in [0, 0.05) is 17.4 Å². The minimum absolute atomic E-state index is 0.0945. The van der Waals surface area contributed by atoms with Crippen molar-refractivity contribution in [3.63, 3.8) is 0 Å². The molecule has 26 heavy (non-hydrogen) atoms. The molecular weight excluding hydrogens is 318 g/mol. The van der Waals surface area contributed by atoms with Crippen molar-refractivity contribution >= 4 is 5.69 Å². The second-order valence-corrected chi connectivity index (χ2v) is 9.29.